The fourth-order valence-corrected chi connectivity index (χ4v) is 1.64. The third-order valence-corrected chi connectivity index (χ3v) is 2.49. The van der Waals surface area contributed by atoms with Crippen LogP contribution < -0.4 is 10.6 Å². The molecule has 0 unspecified atom stereocenters. The SMILES string of the molecule is C=CCNC(=O)Nc1ccc2cc(C)ccc2n1. The Labute approximate surface area is 106 Å². The van der Waals surface area contributed by atoms with E-state index in [9.17, 15) is 4.79 Å². The van der Waals surface area contributed by atoms with E-state index >= 15 is 0 Å². The van der Waals surface area contributed by atoms with Crippen molar-refractivity contribution in [2.75, 3.05) is 11.9 Å². The first-order valence-electron chi connectivity index (χ1n) is 5.72. The summed E-state index contributed by atoms with van der Waals surface area (Å²) in [7, 11) is 0. The van der Waals surface area contributed by atoms with Crippen molar-refractivity contribution in [3.05, 3.63) is 48.6 Å². The summed E-state index contributed by atoms with van der Waals surface area (Å²) in [6.45, 7) is 6.00. The number of carbonyl (C=O) groups is 1. The van der Waals surface area contributed by atoms with Crippen molar-refractivity contribution in [3.63, 3.8) is 0 Å². The molecule has 0 radical (unpaired) electrons. The van der Waals surface area contributed by atoms with Gasteiger partial charge < -0.3 is 5.32 Å². The lowest BCUT2D eigenvalue weighted by atomic mass is 10.1. The topological polar surface area (TPSA) is 54.0 Å². The second-order valence-corrected chi connectivity index (χ2v) is 4.02. The van der Waals surface area contributed by atoms with E-state index in [0.29, 0.717) is 12.4 Å². The van der Waals surface area contributed by atoms with Crippen LogP contribution in [-0.2, 0) is 0 Å². The number of carbonyl (C=O) groups excluding carboxylic acids is 1. The number of nitrogens with zero attached hydrogens (tertiary/aromatic N) is 1. The van der Waals surface area contributed by atoms with E-state index in [1.54, 1.807) is 12.1 Å². The summed E-state index contributed by atoms with van der Waals surface area (Å²) in [6.07, 6.45) is 1.62. The third-order valence-electron chi connectivity index (χ3n) is 2.49. The van der Waals surface area contributed by atoms with Gasteiger partial charge in [-0.2, -0.15) is 0 Å². The molecule has 2 amide bonds. The summed E-state index contributed by atoms with van der Waals surface area (Å²) in [6, 6.07) is 9.44. The molecular weight excluding hydrogens is 226 g/mol. The van der Waals surface area contributed by atoms with Gasteiger partial charge in [0, 0.05) is 11.9 Å². The van der Waals surface area contributed by atoms with Crippen LogP contribution in [0.3, 0.4) is 0 Å². The second-order valence-electron chi connectivity index (χ2n) is 4.02. The highest BCUT2D eigenvalue weighted by atomic mass is 16.2. The minimum absolute atomic E-state index is 0.283. The molecule has 0 bridgehead atoms. The number of hydrogen-bond acceptors (Lipinski definition) is 2. The minimum atomic E-state index is -0.283. The second kappa shape index (κ2) is 5.31. The predicted molar refractivity (Wildman–Crippen MR) is 73.7 cm³/mol. The van der Waals surface area contributed by atoms with Gasteiger partial charge in [-0.05, 0) is 31.2 Å². The maximum Gasteiger partial charge on any atom is 0.320 e. The monoisotopic (exact) mass is 241 g/mol. The Kier molecular flexibility index (Phi) is 3.57. The zero-order valence-electron chi connectivity index (χ0n) is 10.2. The first-order chi connectivity index (χ1) is 8.69. The van der Waals surface area contributed by atoms with Gasteiger partial charge in [0.25, 0.3) is 0 Å². The van der Waals surface area contributed by atoms with Gasteiger partial charge in [-0.1, -0.05) is 17.7 Å². The zero-order valence-corrected chi connectivity index (χ0v) is 10.2. The van der Waals surface area contributed by atoms with E-state index in [0.717, 1.165) is 10.9 Å². The van der Waals surface area contributed by atoms with Crippen molar-refractivity contribution in [3.8, 4) is 0 Å². The lowest BCUT2D eigenvalue weighted by molar-refractivity contribution is 0.253. The van der Waals surface area contributed by atoms with Crippen LogP contribution in [0.4, 0.5) is 10.6 Å². The molecule has 0 aliphatic rings. The lowest BCUT2D eigenvalue weighted by Gasteiger charge is -2.06. The molecule has 1 aromatic carbocycles. The Balaban J connectivity index is 2.17. The maximum atomic E-state index is 11.5. The average molecular weight is 241 g/mol. The van der Waals surface area contributed by atoms with Crippen molar-refractivity contribution >= 4 is 22.8 Å². The Morgan fingerprint density at radius 2 is 2.22 bits per heavy atom. The van der Waals surface area contributed by atoms with Gasteiger partial charge in [0.15, 0.2) is 0 Å². The van der Waals surface area contributed by atoms with E-state index in [-0.39, 0.29) is 6.03 Å². The first-order valence-corrected chi connectivity index (χ1v) is 5.72. The number of anilines is 1. The van der Waals surface area contributed by atoms with Crippen molar-refractivity contribution in [2.45, 2.75) is 6.92 Å². The van der Waals surface area contributed by atoms with Crippen molar-refractivity contribution in [1.82, 2.24) is 10.3 Å². The molecular formula is C14H15N3O. The Morgan fingerprint density at radius 1 is 1.39 bits per heavy atom. The molecule has 2 aromatic rings. The van der Waals surface area contributed by atoms with Crippen LogP contribution in [0.2, 0.25) is 0 Å². The van der Waals surface area contributed by atoms with E-state index in [1.807, 2.05) is 25.1 Å². The molecule has 0 fully saturated rings. The highest BCUT2D eigenvalue weighted by Gasteiger charge is 2.02. The summed E-state index contributed by atoms with van der Waals surface area (Å²) >= 11 is 0. The molecule has 0 spiro atoms. The van der Waals surface area contributed by atoms with Gasteiger partial charge in [-0.3, -0.25) is 5.32 Å². The molecule has 0 aliphatic heterocycles. The molecule has 4 heteroatoms. The Bertz CT molecular complexity index is 593. The number of amides is 2. The number of aryl methyl sites for hydroxylation is 1. The predicted octanol–water partition coefficient (Wildman–Crippen LogP) is 2.85. The third kappa shape index (κ3) is 2.85. The normalized spacial score (nSPS) is 10.1. The van der Waals surface area contributed by atoms with Crippen molar-refractivity contribution in [1.29, 1.82) is 0 Å². The first kappa shape index (κ1) is 12.1. The number of pyridine rings is 1. The van der Waals surface area contributed by atoms with Crippen LogP contribution in [0, 0.1) is 6.92 Å². The molecule has 1 heterocycles. The number of rotatable bonds is 3. The molecule has 0 saturated heterocycles. The Morgan fingerprint density at radius 3 is 3.00 bits per heavy atom. The lowest BCUT2D eigenvalue weighted by Crippen LogP contribution is -2.28. The number of urea groups is 1. The molecule has 2 N–H and O–H groups in total. The number of nitrogens with one attached hydrogen (secondary N) is 2. The van der Waals surface area contributed by atoms with Crippen LogP contribution in [0.1, 0.15) is 5.56 Å². The summed E-state index contributed by atoms with van der Waals surface area (Å²) in [5.74, 6) is 0.535. The van der Waals surface area contributed by atoms with E-state index in [4.69, 9.17) is 0 Å². The van der Waals surface area contributed by atoms with Gasteiger partial charge in [0.2, 0.25) is 0 Å². The summed E-state index contributed by atoms with van der Waals surface area (Å²) in [4.78, 5) is 15.8. The Hall–Kier alpha value is -2.36. The van der Waals surface area contributed by atoms with Crippen molar-refractivity contribution < 1.29 is 4.79 Å². The van der Waals surface area contributed by atoms with Crippen LogP contribution in [0.5, 0.6) is 0 Å². The standard InChI is InChI=1S/C14H15N3O/c1-3-8-15-14(18)17-13-7-5-11-9-10(2)4-6-12(11)16-13/h3-7,9H,1,8H2,2H3,(H2,15,16,17,18). The van der Waals surface area contributed by atoms with E-state index in [1.165, 1.54) is 5.56 Å². The zero-order chi connectivity index (χ0) is 13.0. The smallest absolute Gasteiger partial charge is 0.320 e. The largest absolute Gasteiger partial charge is 0.334 e. The fraction of sp³-hybridized carbons (Fsp3) is 0.143. The van der Waals surface area contributed by atoms with Gasteiger partial charge in [-0.15, -0.1) is 6.58 Å². The number of benzene rings is 1. The van der Waals surface area contributed by atoms with Crippen LogP contribution >= 0.6 is 0 Å². The molecule has 92 valence electrons. The van der Waals surface area contributed by atoms with Gasteiger partial charge in [-0.25, -0.2) is 9.78 Å². The summed E-state index contributed by atoms with van der Waals surface area (Å²) < 4.78 is 0. The molecule has 18 heavy (non-hydrogen) atoms. The number of hydrogen-bond donors (Lipinski definition) is 2. The molecule has 0 atom stereocenters. The van der Waals surface area contributed by atoms with Crippen LogP contribution in [0.25, 0.3) is 10.9 Å². The van der Waals surface area contributed by atoms with Crippen LogP contribution in [0.15, 0.2) is 43.0 Å². The average Bonchev–Trinajstić information content (AvgIpc) is 2.36. The highest BCUT2D eigenvalue weighted by molar-refractivity contribution is 5.90. The number of aromatic nitrogens is 1. The fourth-order valence-electron chi connectivity index (χ4n) is 1.64. The van der Waals surface area contributed by atoms with Gasteiger partial charge in [0.05, 0.1) is 5.52 Å². The van der Waals surface area contributed by atoms with E-state index in [2.05, 4.69) is 28.3 Å². The summed E-state index contributed by atoms with van der Waals surface area (Å²) in [5.41, 5.74) is 2.05. The highest BCUT2D eigenvalue weighted by Crippen LogP contribution is 2.16. The number of fused-ring (bicyclic) bond motifs is 1. The quantitative estimate of drug-likeness (QED) is 0.812. The molecule has 1 aromatic heterocycles. The minimum Gasteiger partial charge on any atom is -0.334 e. The van der Waals surface area contributed by atoms with Gasteiger partial charge >= 0.3 is 6.03 Å². The molecule has 0 aliphatic carbocycles. The van der Waals surface area contributed by atoms with E-state index < -0.39 is 0 Å². The maximum absolute atomic E-state index is 11.5. The van der Waals surface area contributed by atoms with Crippen LogP contribution in [-0.4, -0.2) is 17.6 Å². The molecule has 4 nitrogen and oxygen atoms in total. The van der Waals surface area contributed by atoms with Crippen molar-refractivity contribution in [2.24, 2.45) is 0 Å². The molecule has 0 saturated carbocycles. The summed E-state index contributed by atoms with van der Waals surface area (Å²) in [5, 5.41) is 6.37. The van der Waals surface area contributed by atoms with Gasteiger partial charge in [0.1, 0.15) is 5.82 Å². The molecule has 2 rings (SSSR count).